The van der Waals surface area contributed by atoms with Crippen LogP contribution in [0.2, 0.25) is 0 Å². The SMILES string of the molecule is CC(=O)Oc1ccc(/C=C(\C)c2ccc3c(c2)C(C)(C)CCC3(C)C)cc1. The molecule has 0 aromatic heterocycles. The smallest absolute Gasteiger partial charge is 0.308 e. The van der Waals surface area contributed by atoms with Crippen LogP contribution in [-0.2, 0) is 15.6 Å². The third kappa shape index (κ3) is 4.16. The van der Waals surface area contributed by atoms with Crippen LogP contribution in [-0.4, -0.2) is 5.97 Å². The maximum absolute atomic E-state index is 11.0. The van der Waals surface area contributed by atoms with Crippen LogP contribution in [0.15, 0.2) is 42.5 Å². The van der Waals surface area contributed by atoms with E-state index in [1.54, 1.807) is 0 Å². The van der Waals surface area contributed by atoms with Gasteiger partial charge in [0.2, 0.25) is 0 Å². The number of allylic oxidation sites excluding steroid dienone is 1. The molecule has 0 aliphatic heterocycles. The summed E-state index contributed by atoms with van der Waals surface area (Å²) in [5.41, 5.74) is 7.03. The van der Waals surface area contributed by atoms with Gasteiger partial charge in [-0.25, -0.2) is 0 Å². The number of ether oxygens (including phenoxy) is 1. The van der Waals surface area contributed by atoms with Gasteiger partial charge in [-0.3, -0.25) is 4.79 Å². The van der Waals surface area contributed by atoms with Gasteiger partial charge in [-0.05, 0) is 70.6 Å². The van der Waals surface area contributed by atoms with E-state index in [1.807, 2.05) is 24.3 Å². The molecule has 0 atom stereocenters. The molecular formula is C25H30O2. The van der Waals surface area contributed by atoms with Gasteiger partial charge in [-0.1, -0.05) is 64.1 Å². The van der Waals surface area contributed by atoms with E-state index < -0.39 is 0 Å². The lowest BCUT2D eigenvalue weighted by molar-refractivity contribution is -0.131. The topological polar surface area (TPSA) is 26.3 Å². The van der Waals surface area contributed by atoms with E-state index in [0.717, 1.165) is 5.56 Å². The van der Waals surface area contributed by atoms with Crippen LogP contribution in [0.4, 0.5) is 0 Å². The minimum absolute atomic E-state index is 0.215. The van der Waals surface area contributed by atoms with Gasteiger partial charge in [0, 0.05) is 6.92 Å². The summed E-state index contributed by atoms with van der Waals surface area (Å²) in [5.74, 6) is 0.282. The maximum Gasteiger partial charge on any atom is 0.308 e. The zero-order chi connectivity index (χ0) is 19.8. The molecule has 0 radical (unpaired) electrons. The first-order valence-electron chi connectivity index (χ1n) is 9.71. The Bertz CT molecular complexity index is 883. The standard InChI is InChI=1S/C25H30O2/c1-17(15-19-7-10-21(11-8-19)27-18(2)26)20-9-12-22-23(16-20)25(5,6)14-13-24(22,3)4/h7-12,15-16H,13-14H2,1-6H3/b17-15+. The van der Waals surface area contributed by atoms with Crippen molar-refractivity contribution in [2.45, 2.75) is 65.2 Å². The number of fused-ring (bicyclic) bond motifs is 1. The van der Waals surface area contributed by atoms with Gasteiger partial charge in [-0.15, -0.1) is 0 Å². The second kappa shape index (κ2) is 6.99. The van der Waals surface area contributed by atoms with E-state index in [9.17, 15) is 4.79 Å². The summed E-state index contributed by atoms with van der Waals surface area (Å²) in [4.78, 5) is 11.0. The zero-order valence-electron chi connectivity index (χ0n) is 17.3. The summed E-state index contributed by atoms with van der Waals surface area (Å²) >= 11 is 0. The fraction of sp³-hybridized carbons (Fsp3) is 0.400. The Balaban J connectivity index is 1.92. The zero-order valence-corrected chi connectivity index (χ0v) is 17.3. The summed E-state index contributed by atoms with van der Waals surface area (Å²) in [6.07, 6.45) is 4.63. The van der Waals surface area contributed by atoms with Crippen LogP contribution >= 0.6 is 0 Å². The number of hydrogen-bond acceptors (Lipinski definition) is 2. The minimum Gasteiger partial charge on any atom is -0.427 e. The van der Waals surface area contributed by atoms with E-state index in [1.165, 1.54) is 42.0 Å². The second-order valence-corrected chi connectivity index (χ2v) is 9.02. The van der Waals surface area contributed by atoms with Gasteiger partial charge in [0.05, 0.1) is 0 Å². The van der Waals surface area contributed by atoms with Crippen molar-refractivity contribution in [1.29, 1.82) is 0 Å². The highest BCUT2D eigenvalue weighted by molar-refractivity contribution is 5.81. The molecule has 0 fully saturated rings. The maximum atomic E-state index is 11.0. The van der Waals surface area contributed by atoms with Crippen LogP contribution in [0.5, 0.6) is 5.75 Å². The lowest BCUT2D eigenvalue weighted by Gasteiger charge is -2.42. The summed E-state index contributed by atoms with van der Waals surface area (Å²) in [7, 11) is 0. The Morgan fingerprint density at radius 2 is 1.48 bits per heavy atom. The molecule has 1 aliphatic carbocycles. The highest BCUT2D eigenvalue weighted by atomic mass is 16.5. The number of benzene rings is 2. The van der Waals surface area contributed by atoms with Crippen LogP contribution in [0, 0.1) is 0 Å². The van der Waals surface area contributed by atoms with Crippen LogP contribution in [0.3, 0.4) is 0 Å². The third-order valence-electron chi connectivity index (χ3n) is 5.83. The van der Waals surface area contributed by atoms with Crippen molar-refractivity contribution in [3.63, 3.8) is 0 Å². The van der Waals surface area contributed by atoms with Crippen molar-refractivity contribution in [2.75, 3.05) is 0 Å². The highest BCUT2D eigenvalue weighted by Gasteiger charge is 2.36. The van der Waals surface area contributed by atoms with Crippen LogP contribution < -0.4 is 4.74 Å². The lowest BCUT2D eigenvalue weighted by Crippen LogP contribution is -2.33. The molecule has 27 heavy (non-hydrogen) atoms. The second-order valence-electron chi connectivity index (χ2n) is 9.02. The first kappa shape index (κ1) is 19.4. The Kier molecular flexibility index (Phi) is 5.03. The number of hydrogen-bond donors (Lipinski definition) is 0. The number of carbonyl (C=O) groups is 1. The summed E-state index contributed by atoms with van der Waals surface area (Å²) < 4.78 is 5.10. The van der Waals surface area contributed by atoms with Crippen molar-refractivity contribution in [1.82, 2.24) is 0 Å². The molecule has 0 saturated carbocycles. The van der Waals surface area contributed by atoms with Gasteiger partial charge >= 0.3 is 5.97 Å². The molecule has 0 amide bonds. The fourth-order valence-corrected chi connectivity index (χ4v) is 3.97. The van der Waals surface area contributed by atoms with Gasteiger partial charge in [-0.2, -0.15) is 0 Å². The average molecular weight is 363 g/mol. The molecule has 0 unspecified atom stereocenters. The monoisotopic (exact) mass is 362 g/mol. The van der Waals surface area contributed by atoms with Crippen molar-refractivity contribution in [3.8, 4) is 5.75 Å². The number of rotatable bonds is 3. The Morgan fingerprint density at radius 3 is 2.07 bits per heavy atom. The summed E-state index contributed by atoms with van der Waals surface area (Å²) in [6, 6.07) is 14.6. The van der Waals surface area contributed by atoms with Crippen molar-refractivity contribution >= 4 is 17.6 Å². The Morgan fingerprint density at radius 1 is 0.889 bits per heavy atom. The van der Waals surface area contributed by atoms with E-state index in [-0.39, 0.29) is 16.8 Å². The van der Waals surface area contributed by atoms with Gasteiger partial charge in [0.1, 0.15) is 5.75 Å². The van der Waals surface area contributed by atoms with Crippen LogP contribution in [0.25, 0.3) is 11.6 Å². The highest BCUT2D eigenvalue weighted by Crippen LogP contribution is 2.46. The molecule has 0 saturated heterocycles. The third-order valence-corrected chi connectivity index (χ3v) is 5.83. The first-order chi connectivity index (χ1) is 12.6. The Hall–Kier alpha value is -2.35. The fourth-order valence-electron chi connectivity index (χ4n) is 3.97. The molecular weight excluding hydrogens is 332 g/mol. The summed E-state index contributed by atoms with van der Waals surface area (Å²) in [5, 5.41) is 0. The predicted molar refractivity (Wildman–Crippen MR) is 113 cm³/mol. The molecule has 2 aromatic rings. The Labute approximate surface area is 163 Å². The lowest BCUT2D eigenvalue weighted by atomic mass is 9.63. The van der Waals surface area contributed by atoms with Crippen molar-refractivity contribution in [2.24, 2.45) is 0 Å². The molecule has 142 valence electrons. The average Bonchev–Trinajstić information content (AvgIpc) is 2.60. The van der Waals surface area contributed by atoms with E-state index in [0.29, 0.717) is 5.75 Å². The molecule has 0 heterocycles. The molecule has 0 N–H and O–H groups in total. The minimum atomic E-state index is -0.297. The first-order valence-corrected chi connectivity index (χ1v) is 9.71. The summed E-state index contributed by atoms with van der Waals surface area (Å²) in [6.45, 7) is 13.0. The normalized spacial score (nSPS) is 17.9. The van der Waals surface area contributed by atoms with E-state index in [4.69, 9.17) is 4.74 Å². The molecule has 2 nitrogen and oxygen atoms in total. The number of esters is 1. The molecule has 1 aliphatic rings. The predicted octanol–water partition coefficient (Wildman–Crippen LogP) is 6.52. The quantitative estimate of drug-likeness (QED) is 0.353. The molecule has 2 aromatic carbocycles. The largest absolute Gasteiger partial charge is 0.427 e. The van der Waals surface area contributed by atoms with Crippen molar-refractivity contribution < 1.29 is 9.53 Å². The van der Waals surface area contributed by atoms with Crippen molar-refractivity contribution in [3.05, 3.63) is 64.7 Å². The van der Waals surface area contributed by atoms with Gasteiger partial charge < -0.3 is 4.74 Å². The molecule has 0 spiro atoms. The molecule has 3 rings (SSSR count). The van der Waals surface area contributed by atoms with Crippen LogP contribution in [0.1, 0.15) is 76.6 Å². The van der Waals surface area contributed by atoms with Gasteiger partial charge in [0.25, 0.3) is 0 Å². The molecule has 2 heteroatoms. The number of carbonyl (C=O) groups excluding carboxylic acids is 1. The van der Waals surface area contributed by atoms with E-state index >= 15 is 0 Å². The van der Waals surface area contributed by atoms with Gasteiger partial charge in [0.15, 0.2) is 0 Å². The van der Waals surface area contributed by atoms with E-state index in [2.05, 4.69) is 58.9 Å². The molecule has 0 bridgehead atoms.